The molecule has 1 aliphatic heterocycles. The Kier molecular flexibility index (Phi) is 5.64. The van der Waals surface area contributed by atoms with Crippen LogP contribution in [0.3, 0.4) is 0 Å². The van der Waals surface area contributed by atoms with Crippen molar-refractivity contribution < 1.29 is 19.1 Å². The third kappa shape index (κ3) is 3.98. The molecule has 0 saturated heterocycles. The molecule has 2 N–H and O–H groups in total. The molecule has 0 spiro atoms. The molecule has 0 saturated carbocycles. The van der Waals surface area contributed by atoms with Crippen LogP contribution in [-0.2, 0) is 0 Å². The second-order valence-corrected chi connectivity index (χ2v) is 8.75. The highest BCUT2D eigenvalue weighted by molar-refractivity contribution is 14.1. The third-order valence-corrected chi connectivity index (χ3v) is 5.94. The molecular formula is C19H22FIN4O3. The Morgan fingerprint density at radius 1 is 1.46 bits per heavy atom. The van der Waals surface area contributed by atoms with Gasteiger partial charge in [-0.1, -0.05) is 0 Å². The lowest BCUT2D eigenvalue weighted by Gasteiger charge is -2.35. The lowest BCUT2D eigenvalue weighted by atomic mass is 10.0. The molecule has 0 radical (unpaired) electrons. The van der Waals surface area contributed by atoms with E-state index in [4.69, 9.17) is 0 Å². The number of hydrogen-bond acceptors (Lipinski definition) is 3. The van der Waals surface area contributed by atoms with Crippen LogP contribution in [0.25, 0.3) is 11.1 Å². The first-order valence-electron chi connectivity index (χ1n) is 8.91. The van der Waals surface area contributed by atoms with Crippen molar-refractivity contribution in [2.75, 3.05) is 13.1 Å². The van der Waals surface area contributed by atoms with Crippen LogP contribution in [0.15, 0.2) is 24.4 Å². The van der Waals surface area contributed by atoms with E-state index < -0.39 is 17.6 Å². The summed E-state index contributed by atoms with van der Waals surface area (Å²) in [4.78, 5) is 29.0. The molecule has 3 rings (SSSR count). The summed E-state index contributed by atoms with van der Waals surface area (Å²) in [5, 5.41) is 12.4. The Balaban J connectivity index is 1.93. The molecule has 0 fully saturated rings. The molecule has 9 heteroatoms. The summed E-state index contributed by atoms with van der Waals surface area (Å²) in [5.74, 6) is -0.776. The number of aromatic nitrogens is 2. The molecule has 0 aromatic carbocycles. The molecule has 1 unspecified atom stereocenters. The summed E-state index contributed by atoms with van der Waals surface area (Å²) in [5.41, 5.74) is 1.37. The number of rotatable bonds is 4. The number of nitrogens with one attached hydrogen (secondary N) is 1. The van der Waals surface area contributed by atoms with Crippen LogP contribution >= 0.6 is 22.6 Å². The maximum Gasteiger partial charge on any atom is 0.407 e. The standard InChI is InChI=1S/C19H22FIN4O3/c1-19(2,3)24(18(27)28)7-5-12-10-23-17(26)14-9-13(16(21)25(12)14)11-4-6-22-15(20)8-11/h4,6,8-9,12H,5,7,10H2,1-3H3,(H,23,26)(H,27,28). The fourth-order valence-corrected chi connectivity index (χ4v) is 4.55. The average Bonchev–Trinajstić information content (AvgIpc) is 2.94. The zero-order valence-electron chi connectivity index (χ0n) is 15.9. The van der Waals surface area contributed by atoms with Gasteiger partial charge in [-0.15, -0.1) is 0 Å². The van der Waals surface area contributed by atoms with E-state index >= 15 is 0 Å². The topological polar surface area (TPSA) is 87.5 Å². The minimum Gasteiger partial charge on any atom is -0.465 e. The van der Waals surface area contributed by atoms with Crippen LogP contribution in [-0.4, -0.2) is 50.2 Å². The zero-order valence-corrected chi connectivity index (χ0v) is 18.0. The van der Waals surface area contributed by atoms with Crippen LogP contribution in [0.1, 0.15) is 43.7 Å². The molecule has 1 atom stereocenters. The van der Waals surface area contributed by atoms with Gasteiger partial charge in [0.25, 0.3) is 5.91 Å². The molecule has 2 amide bonds. The highest BCUT2D eigenvalue weighted by atomic mass is 127. The highest BCUT2D eigenvalue weighted by Crippen LogP contribution is 2.34. The van der Waals surface area contributed by atoms with E-state index in [1.807, 2.05) is 25.3 Å². The monoisotopic (exact) mass is 500 g/mol. The van der Waals surface area contributed by atoms with Gasteiger partial charge in [0, 0.05) is 36.5 Å². The fourth-order valence-electron chi connectivity index (χ4n) is 3.43. The first kappa shape index (κ1) is 20.6. The Hall–Kier alpha value is -2.17. The van der Waals surface area contributed by atoms with E-state index in [0.29, 0.717) is 30.8 Å². The average molecular weight is 500 g/mol. The van der Waals surface area contributed by atoms with Crippen molar-refractivity contribution in [3.05, 3.63) is 39.7 Å². The second kappa shape index (κ2) is 7.69. The van der Waals surface area contributed by atoms with Gasteiger partial charge < -0.3 is 19.9 Å². The van der Waals surface area contributed by atoms with E-state index in [1.54, 1.807) is 12.1 Å². The number of carbonyl (C=O) groups excluding carboxylic acids is 1. The summed E-state index contributed by atoms with van der Waals surface area (Å²) in [7, 11) is 0. The van der Waals surface area contributed by atoms with E-state index in [2.05, 4.69) is 32.9 Å². The molecule has 28 heavy (non-hydrogen) atoms. The maximum atomic E-state index is 13.6. The van der Waals surface area contributed by atoms with Crippen molar-refractivity contribution >= 4 is 34.6 Å². The zero-order chi connectivity index (χ0) is 20.6. The largest absolute Gasteiger partial charge is 0.465 e. The summed E-state index contributed by atoms with van der Waals surface area (Å²) in [6.07, 6.45) is 0.969. The Morgan fingerprint density at radius 3 is 2.79 bits per heavy atom. The SMILES string of the molecule is CC(C)(C)N(CCC1CNC(=O)c2cc(-c3ccnc(F)c3)c(I)n21)C(=O)O. The number of fused-ring (bicyclic) bond motifs is 1. The van der Waals surface area contributed by atoms with E-state index in [-0.39, 0.29) is 11.9 Å². The van der Waals surface area contributed by atoms with Crippen molar-refractivity contribution in [2.45, 2.75) is 38.8 Å². The van der Waals surface area contributed by atoms with Gasteiger partial charge in [-0.25, -0.2) is 9.78 Å². The van der Waals surface area contributed by atoms with Gasteiger partial charge in [0.05, 0.1) is 9.74 Å². The van der Waals surface area contributed by atoms with Gasteiger partial charge in [0.15, 0.2) is 0 Å². The van der Waals surface area contributed by atoms with E-state index in [0.717, 1.165) is 9.26 Å². The minimum atomic E-state index is -0.970. The molecule has 0 bridgehead atoms. The van der Waals surface area contributed by atoms with E-state index in [1.165, 1.54) is 17.2 Å². The first-order valence-corrected chi connectivity index (χ1v) is 9.99. The lowest BCUT2D eigenvalue weighted by Crippen LogP contribution is -2.47. The molecule has 0 aliphatic carbocycles. The van der Waals surface area contributed by atoms with Crippen LogP contribution in [0, 0.1) is 9.65 Å². The molecule has 7 nitrogen and oxygen atoms in total. The second-order valence-electron chi connectivity index (χ2n) is 7.73. The quantitative estimate of drug-likeness (QED) is 0.495. The van der Waals surface area contributed by atoms with Crippen LogP contribution in [0.4, 0.5) is 9.18 Å². The molecule has 3 heterocycles. The van der Waals surface area contributed by atoms with Crippen molar-refractivity contribution in [3.8, 4) is 11.1 Å². The molecular weight excluding hydrogens is 478 g/mol. The van der Waals surface area contributed by atoms with Gasteiger partial charge in [-0.3, -0.25) is 4.79 Å². The number of amides is 2. The minimum absolute atomic E-state index is 0.0933. The van der Waals surface area contributed by atoms with Crippen molar-refractivity contribution in [3.63, 3.8) is 0 Å². The third-order valence-electron chi connectivity index (χ3n) is 4.83. The lowest BCUT2D eigenvalue weighted by molar-refractivity contribution is 0.0865. The van der Waals surface area contributed by atoms with Crippen LogP contribution in [0.2, 0.25) is 0 Å². The Morgan fingerprint density at radius 2 is 2.18 bits per heavy atom. The Labute approximate surface area is 176 Å². The Bertz CT molecular complexity index is 922. The fraction of sp³-hybridized carbons (Fsp3) is 0.421. The van der Waals surface area contributed by atoms with E-state index in [9.17, 15) is 19.1 Å². The van der Waals surface area contributed by atoms with Gasteiger partial charge >= 0.3 is 6.09 Å². The molecule has 2 aromatic rings. The van der Waals surface area contributed by atoms with Crippen LogP contribution in [0.5, 0.6) is 0 Å². The number of pyridine rings is 1. The van der Waals surface area contributed by atoms with Crippen molar-refractivity contribution in [1.82, 2.24) is 19.8 Å². The highest BCUT2D eigenvalue weighted by Gasteiger charge is 2.32. The van der Waals surface area contributed by atoms with Gasteiger partial charge in [-0.2, -0.15) is 4.39 Å². The number of hydrogen-bond donors (Lipinski definition) is 2. The first-order chi connectivity index (χ1) is 13.1. The number of halogens is 2. The normalized spacial score (nSPS) is 16.5. The van der Waals surface area contributed by atoms with Gasteiger partial charge in [0.1, 0.15) is 5.69 Å². The number of carboxylic acid groups (broad SMARTS) is 1. The summed E-state index contributed by atoms with van der Waals surface area (Å²) in [6.45, 7) is 6.31. The van der Waals surface area contributed by atoms with Crippen LogP contribution < -0.4 is 5.32 Å². The summed E-state index contributed by atoms with van der Waals surface area (Å²) in [6, 6.07) is 4.69. The predicted octanol–water partition coefficient (Wildman–Crippen LogP) is 3.75. The number of nitrogens with zero attached hydrogens (tertiary/aromatic N) is 3. The van der Waals surface area contributed by atoms with Gasteiger partial charge in [-0.05, 0) is 67.5 Å². The molecule has 1 aliphatic rings. The van der Waals surface area contributed by atoms with Gasteiger partial charge in [0.2, 0.25) is 5.95 Å². The summed E-state index contributed by atoms with van der Waals surface area (Å²) >= 11 is 2.16. The van der Waals surface area contributed by atoms with Crippen molar-refractivity contribution in [1.29, 1.82) is 0 Å². The molecule has 150 valence electrons. The smallest absolute Gasteiger partial charge is 0.407 e. The number of carbonyl (C=O) groups is 2. The summed E-state index contributed by atoms with van der Waals surface area (Å²) < 4.78 is 16.3. The maximum absolute atomic E-state index is 13.6. The molecule has 2 aromatic heterocycles. The predicted molar refractivity (Wildman–Crippen MR) is 111 cm³/mol. The van der Waals surface area contributed by atoms with Crippen molar-refractivity contribution in [2.24, 2.45) is 0 Å².